The van der Waals surface area contributed by atoms with Crippen molar-refractivity contribution in [2.45, 2.75) is 33.1 Å². The fourth-order valence-electron chi connectivity index (χ4n) is 1.29. The molecule has 0 fully saturated rings. The minimum absolute atomic E-state index is 0.255. The van der Waals surface area contributed by atoms with Crippen molar-refractivity contribution in [3.63, 3.8) is 0 Å². The van der Waals surface area contributed by atoms with E-state index in [4.69, 9.17) is 0 Å². The Morgan fingerprint density at radius 1 is 1.08 bits per heavy atom. The van der Waals surface area contributed by atoms with Gasteiger partial charge in [-0.3, -0.25) is 0 Å². The highest BCUT2D eigenvalue weighted by Gasteiger charge is 2.12. The molecule has 1 aromatic rings. The lowest BCUT2D eigenvalue weighted by Crippen LogP contribution is -2.10. The third-order valence-electron chi connectivity index (χ3n) is 2.13. The normalized spacial score (nSPS) is 11.4. The zero-order valence-corrected chi connectivity index (χ0v) is 9.02. The molecular formula is C12H19N. The molecule has 0 spiro atoms. The van der Waals surface area contributed by atoms with E-state index in [1.165, 1.54) is 11.3 Å². The van der Waals surface area contributed by atoms with Gasteiger partial charge in [-0.15, -0.1) is 0 Å². The molecule has 0 atom stereocenters. The number of rotatable bonds is 2. The van der Waals surface area contributed by atoms with Crippen molar-refractivity contribution in [2.24, 2.45) is 0 Å². The van der Waals surface area contributed by atoms with Crippen LogP contribution in [0.2, 0.25) is 0 Å². The molecule has 0 bridgehead atoms. The summed E-state index contributed by atoms with van der Waals surface area (Å²) in [7, 11) is 0. The van der Waals surface area contributed by atoms with Crippen LogP contribution in [-0.2, 0) is 5.41 Å². The molecule has 0 heterocycles. The lowest BCUT2D eigenvalue weighted by atomic mass is 9.87. The lowest BCUT2D eigenvalue weighted by molar-refractivity contribution is 0.590. The first kappa shape index (κ1) is 10.1. The van der Waals surface area contributed by atoms with Crippen LogP contribution in [0.3, 0.4) is 0 Å². The molecule has 1 N–H and O–H groups in total. The Morgan fingerprint density at radius 3 is 2.00 bits per heavy atom. The number of hydrogen-bond donors (Lipinski definition) is 1. The molecule has 1 heteroatoms. The number of anilines is 1. The van der Waals surface area contributed by atoms with Gasteiger partial charge in [-0.05, 0) is 30.0 Å². The van der Waals surface area contributed by atoms with Crippen LogP contribution >= 0.6 is 0 Å². The van der Waals surface area contributed by atoms with Crippen LogP contribution < -0.4 is 5.32 Å². The number of nitrogens with one attached hydrogen (secondary N) is 1. The summed E-state index contributed by atoms with van der Waals surface area (Å²) in [6.07, 6.45) is 0. The standard InChI is InChI=1S/C12H19N/c1-5-13-11-8-6-10(7-9-11)12(2,3)4/h6-9,13H,5H2,1-4H3. The predicted molar refractivity (Wildman–Crippen MR) is 59.3 cm³/mol. The van der Waals surface area contributed by atoms with E-state index in [2.05, 4.69) is 57.3 Å². The maximum atomic E-state index is 3.29. The molecule has 0 radical (unpaired) electrons. The Labute approximate surface area is 81.2 Å². The topological polar surface area (TPSA) is 12.0 Å². The maximum absolute atomic E-state index is 3.29. The van der Waals surface area contributed by atoms with Crippen LogP contribution in [0.4, 0.5) is 5.69 Å². The fraction of sp³-hybridized carbons (Fsp3) is 0.500. The van der Waals surface area contributed by atoms with E-state index in [-0.39, 0.29) is 5.41 Å². The van der Waals surface area contributed by atoms with Crippen LogP contribution in [0.5, 0.6) is 0 Å². The molecule has 13 heavy (non-hydrogen) atoms. The highest BCUT2D eigenvalue weighted by atomic mass is 14.8. The van der Waals surface area contributed by atoms with Gasteiger partial charge in [0.05, 0.1) is 0 Å². The Hall–Kier alpha value is -0.980. The Morgan fingerprint density at radius 2 is 1.62 bits per heavy atom. The summed E-state index contributed by atoms with van der Waals surface area (Å²) < 4.78 is 0. The van der Waals surface area contributed by atoms with E-state index >= 15 is 0 Å². The van der Waals surface area contributed by atoms with E-state index < -0.39 is 0 Å². The average molecular weight is 177 g/mol. The highest BCUT2D eigenvalue weighted by Crippen LogP contribution is 2.23. The molecule has 72 valence electrons. The first-order chi connectivity index (χ1) is 6.04. The van der Waals surface area contributed by atoms with Crippen molar-refractivity contribution in [1.29, 1.82) is 0 Å². The summed E-state index contributed by atoms with van der Waals surface area (Å²) >= 11 is 0. The lowest BCUT2D eigenvalue weighted by Gasteiger charge is -2.19. The monoisotopic (exact) mass is 177 g/mol. The summed E-state index contributed by atoms with van der Waals surface area (Å²) in [5.74, 6) is 0. The van der Waals surface area contributed by atoms with Crippen LogP contribution in [0.25, 0.3) is 0 Å². The summed E-state index contributed by atoms with van der Waals surface area (Å²) in [5, 5.41) is 3.29. The van der Waals surface area contributed by atoms with Crippen LogP contribution in [-0.4, -0.2) is 6.54 Å². The summed E-state index contributed by atoms with van der Waals surface area (Å²) in [4.78, 5) is 0. The van der Waals surface area contributed by atoms with E-state index in [1.807, 2.05) is 0 Å². The third kappa shape index (κ3) is 2.76. The zero-order valence-electron chi connectivity index (χ0n) is 9.02. The first-order valence-electron chi connectivity index (χ1n) is 4.88. The SMILES string of the molecule is CCNc1ccc(C(C)(C)C)cc1. The van der Waals surface area contributed by atoms with Gasteiger partial charge < -0.3 is 5.32 Å². The molecule has 1 aromatic carbocycles. The van der Waals surface area contributed by atoms with E-state index in [1.54, 1.807) is 0 Å². The molecule has 0 aliphatic rings. The van der Waals surface area contributed by atoms with Crippen molar-refractivity contribution in [3.8, 4) is 0 Å². The second-order valence-corrected chi connectivity index (χ2v) is 4.36. The van der Waals surface area contributed by atoms with Gasteiger partial charge in [-0.1, -0.05) is 32.9 Å². The van der Waals surface area contributed by atoms with Crippen molar-refractivity contribution in [2.75, 3.05) is 11.9 Å². The van der Waals surface area contributed by atoms with E-state index in [0.29, 0.717) is 0 Å². The molecule has 0 amide bonds. The van der Waals surface area contributed by atoms with E-state index in [0.717, 1.165) is 6.54 Å². The molecule has 0 saturated heterocycles. The summed E-state index contributed by atoms with van der Waals surface area (Å²) in [6, 6.07) is 8.67. The van der Waals surface area contributed by atoms with Gasteiger partial charge >= 0.3 is 0 Å². The van der Waals surface area contributed by atoms with E-state index in [9.17, 15) is 0 Å². The minimum atomic E-state index is 0.255. The molecular weight excluding hydrogens is 158 g/mol. The largest absolute Gasteiger partial charge is 0.385 e. The highest BCUT2D eigenvalue weighted by molar-refractivity contribution is 5.45. The molecule has 0 aliphatic carbocycles. The van der Waals surface area contributed by atoms with Gasteiger partial charge in [0, 0.05) is 12.2 Å². The first-order valence-corrected chi connectivity index (χ1v) is 4.88. The second kappa shape index (κ2) is 3.82. The summed E-state index contributed by atoms with van der Waals surface area (Å²) in [5.41, 5.74) is 2.84. The molecule has 1 nitrogen and oxygen atoms in total. The maximum Gasteiger partial charge on any atom is 0.0340 e. The van der Waals surface area contributed by atoms with Crippen LogP contribution in [0, 0.1) is 0 Å². The third-order valence-corrected chi connectivity index (χ3v) is 2.13. The second-order valence-electron chi connectivity index (χ2n) is 4.36. The van der Waals surface area contributed by atoms with Crippen molar-refractivity contribution in [1.82, 2.24) is 0 Å². The van der Waals surface area contributed by atoms with Crippen molar-refractivity contribution < 1.29 is 0 Å². The minimum Gasteiger partial charge on any atom is -0.385 e. The molecule has 0 saturated carbocycles. The Bertz CT molecular complexity index is 253. The number of hydrogen-bond acceptors (Lipinski definition) is 1. The van der Waals surface area contributed by atoms with Crippen molar-refractivity contribution >= 4 is 5.69 Å². The molecule has 0 unspecified atom stereocenters. The molecule has 1 rings (SSSR count). The van der Waals surface area contributed by atoms with Gasteiger partial charge in [-0.25, -0.2) is 0 Å². The Kier molecular flexibility index (Phi) is 2.97. The van der Waals surface area contributed by atoms with Gasteiger partial charge in [0.1, 0.15) is 0 Å². The number of benzene rings is 1. The van der Waals surface area contributed by atoms with Crippen LogP contribution in [0.1, 0.15) is 33.3 Å². The average Bonchev–Trinajstić information content (AvgIpc) is 2.04. The summed E-state index contributed by atoms with van der Waals surface area (Å²) in [6.45, 7) is 9.78. The molecule has 0 aromatic heterocycles. The Balaban J connectivity index is 2.81. The quantitative estimate of drug-likeness (QED) is 0.730. The predicted octanol–water partition coefficient (Wildman–Crippen LogP) is 3.42. The van der Waals surface area contributed by atoms with Crippen molar-refractivity contribution in [3.05, 3.63) is 29.8 Å². The van der Waals surface area contributed by atoms with Crippen LogP contribution in [0.15, 0.2) is 24.3 Å². The van der Waals surface area contributed by atoms with Gasteiger partial charge in [-0.2, -0.15) is 0 Å². The molecule has 0 aliphatic heterocycles. The van der Waals surface area contributed by atoms with Gasteiger partial charge in [0.2, 0.25) is 0 Å². The van der Waals surface area contributed by atoms with Gasteiger partial charge in [0.25, 0.3) is 0 Å². The fourth-order valence-corrected chi connectivity index (χ4v) is 1.29. The smallest absolute Gasteiger partial charge is 0.0340 e. The van der Waals surface area contributed by atoms with Gasteiger partial charge in [0.15, 0.2) is 0 Å². The zero-order chi connectivity index (χ0) is 9.90.